The quantitative estimate of drug-likeness (QED) is 0.514. The first-order valence-electron chi connectivity index (χ1n) is 11.6. The molecule has 172 valence electrons. The number of rotatable bonds is 7. The molecule has 1 aliphatic rings. The SMILES string of the molecule is CC[C@@H](NC(=O)c1cc(C(=O)N[C@@H](C)c2ccc(F)cc2)n2c1CCCC2)c1ccccc1. The molecule has 0 aliphatic carbocycles. The van der Waals surface area contributed by atoms with Crippen molar-refractivity contribution in [1.29, 1.82) is 0 Å². The highest BCUT2D eigenvalue weighted by molar-refractivity contribution is 6.01. The van der Waals surface area contributed by atoms with Crippen molar-refractivity contribution in [2.24, 2.45) is 0 Å². The first-order chi connectivity index (χ1) is 16.0. The molecule has 6 heteroatoms. The number of carbonyl (C=O) groups is 2. The van der Waals surface area contributed by atoms with Crippen LogP contribution in [0.3, 0.4) is 0 Å². The Kier molecular flexibility index (Phi) is 6.92. The Balaban J connectivity index is 1.56. The molecule has 1 aromatic heterocycles. The summed E-state index contributed by atoms with van der Waals surface area (Å²) in [6.45, 7) is 4.62. The van der Waals surface area contributed by atoms with Crippen LogP contribution in [-0.2, 0) is 13.0 Å². The smallest absolute Gasteiger partial charge is 0.268 e. The third kappa shape index (κ3) is 5.00. The number of amides is 2. The summed E-state index contributed by atoms with van der Waals surface area (Å²) in [5.74, 6) is -0.694. The van der Waals surface area contributed by atoms with Crippen molar-refractivity contribution in [2.75, 3.05) is 0 Å². The summed E-state index contributed by atoms with van der Waals surface area (Å²) < 4.78 is 15.2. The van der Waals surface area contributed by atoms with Crippen LogP contribution >= 0.6 is 0 Å². The molecule has 3 aromatic rings. The number of nitrogens with zero attached hydrogens (tertiary/aromatic N) is 1. The Morgan fingerprint density at radius 2 is 1.70 bits per heavy atom. The van der Waals surface area contributed by atoms with Crippen molar-refractivity contribution >= 4 is 11.8 Å². The monoisotopic (exact) mass is 447 g/mol. The van der Waals surface area contributed by atoms with Gasteiger partial charge in [-0.3, -0.25) is 9.59 Å². The van der Waals surface area contributed by atoms with Gasteiger partial charge in [0.05, 0.1) is 17.6 Å². The highest BCUT2D eigenvalue weighted by Gasteiger charge is 2.27. The number of benzene rings is 2. The van der Waals surface area contributed by atoms with E-state index in [9.17, 15) is 14.0 Å². The molecule has 2 heterocycles. The van der Waals surface area contributed by atoms with Gasteiger partial charge >= 0.3 is 0 Å². The van der Waals surface area contributed by atoms with Crippen LogP contribution in [0.4, 0.5) is 4.39 Å². The van der Waals surface area contributed by atoms with Gasteiger partial charge in [-0.1, -0.05) is 49.4 Å². The number of halogens is 1. The number of hydrogen-bond donors (Lipinski definition) is 2. The van der Waals surface area contributed by atoms with Crippen LogP contribution in [0.5, 0.6) is 0 Å². The van der Waals surface area contributed by atoms with Crippen molar-refractivity contribution in [3.63, 3.8) is 0 Å². The molecule has 33 heavy (non-hydrogen) atoms. The van der Waals surface area contributed by atoms with Gasteiger partial charge in [-0.15, -0.1) is 0 Å². The van der Waals surface area contributed by atoms with E-state index in [1.165, 1.54) is 12.1 Å². The molecule has 0 unspecified atom stereocenters. The van der Waals surface area contributed by atoms with Crippen LogP contribution in [0.25, 0.3) is 0 Å². The van der Waals surface area contributed by atoms with E-state index in [1.807, 2.05) is 48.7 Å². The summed E-state index contributed by atoms with van der Waals surface area (Å²) in [6.07, 6.45) is 3.51. The largest absolute Gasteiger partial charge is 0.345 e. The predicted molar refractivity (Wildman–Crippen MR) is 127 cm³/mol. The second-order valence-electron chi connectivity index (χ2n) is 8.59. The summed E-state index contributed by atoms with van der Waals surface area (Å²) in [4.78, 5) is 26.4. The molecule has 1 aliphatic heterocycles. The van der Waals surface area contributed by atoms with Gasteiger partial charge in [0.15, 0.2) is 0 Å². The Bertz CT molecular complexity index is 1120. The van der Waals surface area contributed by atoms with Crippen molar-refractivity contribution < 1.29 is 14.0 Å². The number of hydrogen-bond acceptors (Lipinski definition) is 2. The van der Waals surface area contributed by atoms with E-state index in [4.69, 9.17) is 0 Å². The third-order valence-corrected chi connectivity index (χ3v) is 6.36. The van der Waals surface area contributed by atoms with Crippen LogP contribution in [0, 0.1) is 5.82 Å². The summed E-state index contributed by atoms with van der Waals surface area (Å²) in [6, 6.07) is 17.4. The zero-order valence-electron chi connectivity index (χ0n) is 19.1. The fourth-order valence-electron chi connectivity index (χ4n) is 4.51. The lowest BCUT2D eigenvalue weighted by Crippen LogP contribution is -2.30. The van der Waals surface area contributed by atoms with Crippen LogP contribution < -0.4 is 10.6 Å². The maximum atomic E-state index is 13.3. The van der Waals surface area contributed by atoms with E-state index in [-0.39, 0.29) is 29.7 Å². The highest BCUT2D eigenvalue weighted by atomic mass is 19.1. The van der Waals surface area contributed by atoms with Crippen LogP contribution in [-0.4, -0.2) is 16.4 Å². The Labute approximate surface area is 194 Å². The number of aromatic nitrogens is 1. The zero-order chi connectivity index (χ0) is 23.4. The minimum atomic E-state index is -0.311. The van der Waals surface area contributed by atoms with Crippen molar-refractivity contribution in [2.45, 2.75) is 58.2 Å². The van der Waals surface area contributed by atoms with Crippen LogP contribution in [0.15, 0.2) is 60.7 Å². The third-order valence-electron chi connectivity index (χ3n) is 6.36. The van der Waals surface area contributed by atoms with E-state index < -0.39 is 0 Å². The predicted octanol–water partition coefficient (Wildman–Crippen LogP) is 5.34. The van der Waals surface area contributed by atoms with Gasteiger partial charge in [0.25, 0.3) is 11.8 Å². The minimum Gasteiger partial charge on any atom is -0.345 e. The van der Waals surface area contributed by atoms with Crippen LogP contribution in [0.1, 0.15) is 82.9 Å². The molecular weight excluding hydrogens is 417 g/mol. The molecule has 2 atom stereocenters. The molecular formula is C27H30FN3O2. The molecule has 2 amide bonds. The molecule has 0 radical (unpaired) electrons. The van der Waals surface area contributed by atoms with Crippen LogP contribution in [0.2, 0.25) is 0 Å². The van der Waals surface area contributed by atoms with Crippen molar-refractivity contribution in [1.82, 2.24) is 15.2 Å². The minimum absolute atomic E-state index is 0.0892. The standard InChI is InChI=1S/C27H30FN3O2/c1-3-23(20-9-5-4-6-10-20)30-26(32)22-17-25(31-16-8-7-11-24(22)31)27(33)29-18(2)19-12-14-21(28)15-13-19/h4-6,9-10,12-15,17-18,23H,3,7-8,11,16H2,1-2H3,(H,29,33)(H,30,32)/t18-,23+/m0/s1. The Morgan fingerprint density at radius 1 is 0.970 bits per heavy atom. The van der Waals surface area contributed by atoms with Gasteiger partial charge in [0.1, 0.15) is 11.5 Å². The fourth-order valence-corrected chi connectivity index (χ4v) is 4.51. The van der Waals surface area contributed by atoms with Gasteiger partial charge < -0.3 is 15.2 Å². The normalized spacial score (nSPS) is 14.8. The van der Waals surface area contributed by atoms with E-state index in [0.29, 0.717) is 17.8 Å². The van der Waals surface area contributed by atoms with E-state index in [1.54, 1.807) is 18.2 Å². The second-order valence-corrected chi connectivity index (χ2v) is 8.59. The molecule has 0 bridgehead atoms. The summed E-state index contributed by atoms with van der Waals surface area (Å²) in [5.41, 5.74) is 3.87. The van der Waals surface area contributed by atoms with E-state index in [2.05, 4.69) is 10.6 Å². The maximum absolute atomic E-state index is 13.3. The van der Waals surface area contributed by atoms with Gasteiger partial charge in [-0.25, -0.2) is 4.39 Å². The first-order valence-corrected chi connectivity index (χ1v) is 11.6. The summed E-state index contributed by atoms with van der Waals surface area (Å²) in [5, 5.41) is 6.15. The number of fused-ring (bicyclic) bond motifs is 1. The maximum Gasteiger partial charge on any atom is 0.268 e. The van der Waals surface area contributed by atoms with E-state index in [0.717, 1.165) is 42.5 Å². The van der Waals surface area contributed by atoms with Crippen molar-refractivity contribution in [3.05, 3.63) is 94.6 Å². The van der Waals surface area contributed by atoms with Gasteiger partial charge in [-0.2, -0.15) is 0 Å². The second kappa shape index (κ2) is 10.0. The van der Waals surface area contributed by atoms with Gasteiger partial charge in [0.2, 0.25) is 0 Å². The average Bonchev–Trinajstić information content (AvgIpc) is 3.23. The molecule has 2 N–H and O–H groups in total. The van der Waals surface area contributed by atoms with Crippen molar-refractivity contribution in [3.8, 4) is 0 Å². The Morgan fingerprint density at radius 3 is 2.39 bits per heavy atom. The zero-order valence-corrected chi connectivity index (χ0v) is 19.1. The summed E-state index contributed by atoms with van der Waals surface area (Å²) in [7, 11) is 0. The topological polar surface area (TPSA) is 63.1 Å². The lowest BCUT2D eigenvalue weighted by atomic mass is 10.0. The molecule has 0 spiro atoms. The lowest BCUT2D eigenvalue weighted by molar-refractivity contribution is 0.0925. The number of nitrogens with one attached hydrogen (secondary N) is 2. The molecule has 0 saturated carbocycles. The molecule has 4 rings (SSSR count). The molecule has 0 saturated heterocycles. The molecule has 0 fully saturated rings. The van der Waals surface area contributed by atoms with Gasteiger partial charge in [0, 0.05) is 12.2 Å². The van der Waals surface area contributed by atoms with Gasteiger partial charge in [-0.05, 0) is 61.9 Å². The van der Waals surface area contributed by atoms with E-state index >= 15 is 0 Å². The highest BCUT2D eigenvalue weighted by Crippen LogP contribution is 2.26. The fraction of sp³-hybridized carbons (Fsp3) is 0.333. The number of carbonyl (C=O) groups excluding carboxylic acids is 2. The Hall–Kier alpha value is -3.41. The lowest BCUT2D eigenvalue weighted by Gasteiger charge is -2.21. The molecule has 5 nitrogen and oxygen atoms in total. The average molecular weight is 448 g/mol. The molecule has 2 aromatic carbocycles. The summed E-state index contributed by atoms with van der Waals surface area (Å²) >= 11 is 0. The first kappa shape index (κ1) is 22.8.